The first kappa shape index (κ1) is 8.71. The largest absolute Gasteiger partial charge is 0.394 e. The van der Waals surface area contributed by atoms with Crippen molar-refractivity contribution in [1.29, 1.82) is 0 Å². The normalized spacial score (nSPS) is 32.8. The predicted octanol–water partition coefficient (Wildman–Crippen LogP) is 0.686. The molecule has 0 amide bonds. The van der Waals surface area contributed by atoms with Crippen LogP contribution in [0, 0.1) is 0 Å². The predicted molar refractivity (Wildman–Crippen MR) is 41.1 cm³/mol. The Labute approximate surface area is 66.6 Å². The first-order valence-electron chi connectivity index (χ1n) is 3.78. The van der Waals surface area contributed by atoms with Crippen molar-refractivity contribution in [2.45, 2.75) is 26.2 Å². The van der Waals surface area contributed by atoms with Crippen molar-refractivity contribution in [3.05, 3.63) is 11.6 Å². The van der Waals surface area contributed by atoms with E-state index in [1.807, 2.05) is 19.9 Å². The van der Waals surface area contributed by atoms with Crippen molar-refractivity contribution in [3.63, 3.8) is 0 Å². The molecule has 0 aliphatic carbocycles. The number of hydrogen-bond acceptors (Lipinski definition) is 3. The van der Waals surface area contributed by atoms with Gasteiger partial charge in [-0.3, -0.25) is 0 Å². The summed E-state index contributed by atoms with van der Waals surface area (Å²) in [5.41, 5.74) is 1.06. The molecule has 1 N–H and O–H groups in total. The number of ether oxygens (including phenoxy) is 2. The summed E-state index contributed by atoms with van der Waals surface area (Å²) in [7, 11) is 0. The van der Waals surface area contributed by atoms with Gasteiger partial charge in [-0.1, -0.05) is 6.08 Å². The summed E-state index contributed by atoms with van der Waals surface area (Å²) >= 11 is 0. The van der Waals surface area contributed by atoms with Gasteiger partial charge in [0.25, 0.3) is 0 Å². The Kier molecular flexibility index (Phi) is 3.05. The second-order valence-electron chi connectivity index (χ2n) is 2.64. The lowest BCUT2D eigenvalue weighted by molar-refractivity contribution is -0.0379. The van der Waals surface area contributed by atoms with E-state index in [4.69, 9.17) is 14.6 Å². The third-order valence-electron chi connectivity index (χ3n) is 1.78. The molecule has 2 atom stereocenters. The Hall–Kier alpha value is -0.380. The van der Waals surface area contributed by atoms with E-state index in [1.54, 1.807) is 0 Å². The molecule has 1 heterocycles. The minimum Gasteiger partial charge on any atom is -0.394 e. The maximum atomic E-state index is 8.71. The molecule has 0 aromatic heterocycles. The summed E-state index contributed by atoms with van der Waals surface area (Å²) in [4.78, 5) is 0. The van der Waals surface area contributed by atoms with Crippen LogP contribution >= 0.6 is 0 Å². The van der Waals surface area contributed by atoms with Gasteiger partial charge in [-0.25, -0.2) is 0 Å². The van der Waals surface area contributed by atoms with Crippen LogP contribution in [0.2, 0.25) is 0 Å². The van der Waals surface area contributed by atoms with Crippen molar-refractivity contribution < 1.29 is 14.6 Å². The lowest BCUT2D eigenvalue weighted by Crippen LogP contribution is -2.16. The second-order valence-corrected chi connectivity index (χ2v) is 2.64. The molecule has 0 aromatic carbocycles. The standard InChI is InChI=1S/C8H14O3/c1-3-6(2)8-10-5-7(4-9)11-8/h3,7-9H,4-5H2,1-2H3/b6-3+. The van der Waals surface area contributed by atoms with Gasteiger partial charge in [0, 0.05) is 0 Å². The van der Waals surface area contributed by atoms with E-state index in [9.17, 15) is 0 Å². The third kappa shape index (κ3) is 2.02. The fourth-order valence-electron chi connectivity index (χ4n) is 0.919. The minimum absolute atomic E-state index is 0.0352. The number of rotatable bonds is 2. The van der Waals surface area contributed by atoms with Crippen LogP contribution in [0.5, 0.6) is 0 Å². The molecule has 1 rings (SSSR count). The molecular weight excluding hydrogens is 144 g/mol. The molecule has 11 heavy (non-hydrogen) atoms. The van der Waals surface area contributed by atoms with Crippen LogP contribution in [0.25, 0.3) is 0 Å². The maximum Gasteiger partial charge on any atom is 0.180 e. The molecule has 3 heteroatoms. The zero-order chi connectivity index (χ0) is 8.27. The lowest BCUT2D eigenvalue weighted by Gasteiger charge is -2.09. The quantitative estimate of drug-likeness (QED) is 0.601. The highest BCUT2D eigenvalue weighted by molar-refractivity contribution is 5.01. The first-order valence-corrected chi connectivity index (χ1v) is 3.78. The highest BCUT2D eigenvalue weighted by Crippen LogP contribution is 2.17. The zero-order valence-corrected chi connectivity index (χ0v) is 6.91. The van der Waals surface area contributed by atoms with E-state index in [0.29, 0.717) is 6.61 Å². The van der Waals surface area contributed by atoms with Crippen LogP contribution in [0.15, 0.2) is 11.6 Å². The minimum atomic E-state index is -0.239. The number of hydrogen-bond donors (Lipinski definition) is 1. The fraction of sp³-hybridized carbons (Fsp3) is 0.750. The molecular formula is C8H14O3. The molecule has 1 aliphatic heterocycles. The molecule has 0 aromatic rings. The van der Waals surface area contributed by atoms with Gasteiger partial charge >= 0.3 is 0 Å². The van der Waals surface area contributed by atoms with Gasteiger partial charge in [0.05, 0.1) is 13.2 Å². The van der Waals surface area contributed by atoms with Gasteiger partial charge in [-0.05, 0) is 19.4 Å². The van der Waals surface area contributed by atoms with Crippen molar-refractivity contribution >= 4 is 0 Å². The maximum absolute atomic E-state index is 8.71. The second kappa shape index (κ2) is 3.85. The van der Waals surface area contributed by atoms with Crippen LogP contribution in [0.1, 0.15) is 13.8 Å². The molecule has 0 radical (unpaired) electrons. The van der Waals surface area contributed by atoms with Crippen molar-refractivity contribution in [2.75, 3.05) is 13.2 Å². The Morgan fingerprint density at radius 2 is 2.45 bits per heavy atom. The molecule has 3 nitrogen and oxygen atoms in total. The summed E-state index contributed by atoms with van der Waals surface area (Å²) in [5.74, 6) is 0. The summed E-state index contributed by atoms with van der Waals surface area (Å²) in [6.45, 7) is 4.42. The van der Waals surface area contributed by atoms with E-state index in [2.05, 4.69) is 0 Å². The summed E-state index contributed by atoms with van der Waals surface area (Å²) < 4.78 is 10.6. The number of aliphatic hydroxyl groups is 1. The van der Waals surface area contributed by atoms with Crippen LogP contribution in [0.3, 0.4) is 0 Å². The van der Waals surface area contributed by atoms with Gasteiger partial charge in [0.15, 0.2) is 6.29 Å². The number of aliphatic hydroxyl groups excluding tert-OH is 1. The highest BCUT2D eigenvalue weighted by atomic mass is 16.7. The van der Waals surface area contributed by atoms with Crippen molar-refractivity contribution in [1.82, 2.24) is 0 Å². The van der Waals surface area contributed by atoms with E-state index >= 15 is 0 Å². The lowest BCUT2D eigenvalue weighted by atomic mass is 10.3. The summed E-state index contributed by atoms with van der Waals surface area (Å²) in [6.07, 6.45) is 1.57. The Morgan fingerprint density at radius 3 is 2.91 bits per heavy atom. The van der Waals surface area contributed by atoms with Gasteiger partial charge in [0.2, 0.25) is 0 Å². The average Bonchev–Trinajstić information content (AvgIpc) is 2.50. The molecule has 1 aliphatic rings. The summed E-state index contributed by atoms with van der Waals surface area (Å²) in [6, 6.07) is 0. The highest BCUT2D eigenvalue weighted by Gasteiger charge is 2.25. The SMILES string of the molecule is C/C=C(\C)C1OCC(CO)O1. The Morgan fingerprint density at radius 1 is 1.73 bits per heavy atom. The topological polar surface area (TPSA) is 38.7 Å². The smallest absolute Gasteiger partial charge is 0.180 e. The molecule has 0 bridgehead atoms. The van der Waals surface area contributed by atoms with E-state index < -0.39 is 0 Å². The molecule has 1 saturated heterocycles. The van der Waals surface area contributed by atoms with Gasteiger partial charge < -0.3 is 14.6 Å². The van der Waals surface area contributed by atoms with Gasteiger partial charge in [-0.15, -0.1) is 0 Å². The van der Waals surface area contributed by atoms with Crippen LogP contribution in [-0.4, -0.2) is 30.7 Å². The van der Waals surface area contributed by atoms with Crippen LogP contribution in [0.4, 0.5) is 0 Å². The van der Waals surface area contributed by atoms with Gasteiger partial charge in [-0.2, -0.15) is 0 Å². The summed E-state index contributed by atoms with van der Waals surface area (Å²) in [5, 5.41) is 8.71. The molecule has 1 fully saturated rings. The van der Waals surface area contributed by atoms with Crippen LogP contribution in [-0.2, 0) is 9.47 Å². The average molecular weight is 158 g/mol. The van der Waals surface area contributed by atoms with Crippen molar-refractivity contribution in [3.8, 4) is 0 Å². The Bertz CT molecular complexity index is 153. The molecule has 0 spiro atoms. The van der Waals surface area contributed by atoms with Crippen molar-refractivity contribution in [2.24, 2.45) is 0 Å². The fourth-order valence-corrected chi connectivity index (χ4v) is 0.919. The molecule has 64 valence electrons. The van der Waals surface area contributed by atoms with Gasteiger partial charge in [0.1, 0.15) is 6.10 Å². The molecule has 0 saturated carbocycles. The van der Waals surface area contributed by atoms with E-state index in [0.717, 1.165) is 5.57 Å². The monoisotopic (exact) mass is 158 g/mol. The zero-order valence-electron chi connectivity index (χ0n) is 6.91. The first-order chi connectivity index (χ1) is 5.27. The van der Waals surface area contributed by atoms with E-state index in [1.165, 1.54) is 0 Å². The Balaban J connectivity index is 2.41. The molecule has 2 unspecified atom stereocenters. The number of allylic oxidation sites excluding steroid dienone is 1. The van der Waals surface area contributed by atoms with E-state index in [-0.39, 0.29) is 19.0 Å². The third-order valence-corrected chi connectivity index (χ3v) is 1.78. The van der Waals surface area contributed by atoms with Crippen LogP contribution < -0.4 is 0 Å².